The number of likely N-dealkylation sites (tertiary alicyclic amines) is 1. The molecule has 23 heavy (non-hydrogen) atoms. The summed E-state index contributed by atoms with van der Waals surface area (Å²) in [5, 5.41) is 19.3. The number of nitriles is 1. The van der Waals surface area contributed by atoms with Crippen LogP contribution in [0.5, 0.6) is 0 Å². The Bertz CT molecular complexity index is 454. The van der Waals surface area contributed by atoms with Crippen molar-refractivity contribution in [1.82, 2.24) is 9.80 Å². The summed E-state index contributed by atoms with van der Waals surface area (Å²) < 4.78 is 0. The first-order valence-corrected chi connectivity index (χ1v) is 9.02. The second-order valence-corrected chi connectivity index (χ2v) is 7.53. The summed E-state index contributed by atoms with van der Waals surface area (Å²) in [7, 11) is 1.79. The van der Waals surface area contributed by atoms with E-state index in [1.54, 1.807) is 11.9 Å². The van der Waals surface area contributed by atoms with Crippen LogP contribution >= 0.6 is 0 Å². The largest absolute Gasteiger partial charge is 0.396 e. The standard InChI is InChI=1S/C18H31N3O2/c1-3-7-17(15-22)10-11-21(14-17)12-16(23)20(2)18(13-19)8-5-4-6-9-18/h22H,3-12,14-15H2,1-2H3. The molecule has 0 bridgehead atoms. The Hall–Kier alpha value is -1.12. The van der Waals surface area contributed by atoms with Gasteiger partial charge < -0.3 is 10.0 Å². The zero-order valence-electron chi connectivity index (χ0n) is 14.7. The maximum Gasteiger partial charge on any atom is 0.237 e. The molecule has 1 saturated heterocycles. The van der Waals surface area contributed by atoms with Crippen molar-refractivity contribution in [3.63, 3.8) is 0 Å². The van der Waals surface area contributed by atoms with Crippen molar-refractivity contribution < 1.29 is 9.90 Å². The molecule has 0 aromatic heterocycles. The number of carbonyl (C=O) groups excluding carboxylic acids is 1. The van der Waals surface area contributed by atoms with Crippen LogP contribution in [0.2, 0.25) is 0 Å². The monoisotopic (exact) mass is 321 g/mol. The Morgan fingerprint density at radius 2 is 2.00 bits per heavy atom. The molecule has 5 nitrogen and oxygen atoms in total. The molecule has 1 saturated carbocycles. The average molecular weight is 321 g/mol. The fraction of sp³-hybridized carbons (Fsp3) is 0.889. The third kappa shape index (κ3) is 3.87. The zero-order chi connectivity index (χ0) is 16.9. The molecule has 1 heterocycles. The summed E-state index contributed by atoms with van der Waals surface area (Å²) in [6, 6.07) is 2.42. The molecule has 1 aliphatic heterocycles. The van der Waals surface area contributed by atoms with Gasteiger partial charge in [-0.3, -0.25) is 9.69 Å². The van der Waals surface area contributed by atoms with Crippen LogP contribution in [-0.2, 0) is 4.79 Å². The quantitative estimate of drug-likeness (QED) is 0.814. The fourth-order valence-corrected chi connectivity index (χ4v) is 4.30. The summed E-state index contributed by atoms with van der Waals surface area (Å²) >= 11 is 0. The van der Waals surface area contributed by atoms with Crippen molar-refractivity contribution in [2.75, 3.05) is 33.3 Å². The molecule has 1 N–H and O–H groups in total. The van der Waals surface area contributed by atoms with Gasteiger partial charge in [-0.05, 0) is 32.2 Å². The number of aliphatic hydroxyl groups excluding tert-OH is 1. The maximum absolute atomic E-state index is 12.7. The number of aliphatic hydroxyl groups is 1. The van der Waals surface area contributed by atoms with E-state index in [0.717, 1.165) is 64.5 Å². The van der Waals surface area contributed by atoms with Gasteiger partial charge in [-0.15, -0.1) is 0 Å². The fourth-order valence-electron chi connectivity index (χ4n) is 4.30. The molecule has 2 aliphatic rings. The van der Waals surface area contributed by atoms with Gasteiger partial charge in [-0.2, -0.15) is 5.26 Å². The molecular weight excluding hydrogens is 290 g/mol. The van der Waals surface area contributed by atoms with Crippen LogP contribution < -0.4 is 0 Å². The number of rotatable bonds is 6. The van der Waals surface area contributed by atoms with E-state index in [2.05, 4.69) is 17.9 Å². The Balaban J connectivity index is 1.95. The van der Waals surface area contributed by atoms with Crippen molar-refractivity contribution >= 4 is 5.91 Å². The van der Waals surface area contributed by atoms with Crippen LogP contribution in [0.4, 0.5) is 0 Å². The van der Waals surface area contributed by atoms with Crippen molar-refractivity contribution in [3.05, 3.63) is 0 Å². The Kier molecular flexibility index (Phi) is 6.05. The van der Waals surface area contributed by atoms with Gasteiger partial charge in [0.15, 0.2) is 0 Å². The van der Waals surface area contributed by atoms with Crippen molar-refractivity contribution in [1.29, 1.82) is 5.26 Å². The van der Waals surface area contributed by atoms with Crippen LogP contribution in [-0.4, -0.2) is 59.6 Å². The minimum atomic E-state index is -0.605. The predicted molar refractivity (Wildman–Crippen MR) is 89.7 cm³/mol. The van der Waals surface area contributed by atoms with Crippen LogP contribution in [0.1, 0.15) is 58.3 Å². The predicted octanol–water partition coefficient (Wildman–Crippen LogP) is 2.16. The summed E-state index contributed by atoms with van der Waals surface area (Å²) in [4.78, 5) is 16.5. The van der Waals surface area contributed by atoms with E-state index in [0.29, 0.717) is 6.54 Å². The maximum atomic E-state index is 12.7. The van der Waals surface area contributed by atoms with Gasteiger partial charge in [0.2, 0.25) is 5.91 Å². The topological polar surface area (TPSA) is 67.6 Å². The summed E-state index contributed by atoms with van der Waals surface area (Å²) in [5.41, 5.74) is -0.641. The van der Waals surface area contributed by atoms with E-state index in [1.165, 1.54) is 0 Å². The summed E-state index contributed by atoms with van der Waals surface area (Å²) in [5.74, 6) is 0.0405. The van der Waals surface area contributed by atoms with Crippen LogP contribution in [0.15, 0.2) is 0 Å². The van der Waals surface area contributed by atoms with Gasteiger partial charge in [0.05, 0.1) is 12.6 Å². The van der Waals surface area contributed by atoms with Crippen molar-refractivity contribution in [3.8, 4) is 6.07 Å². The van der Waals surface area contributed by atoms with E-state index in [-0.39, 0.29) is 17.9 Å². The molecular formula is C18H31N3O2. The van der Waals surface area contributed by atoms with Gasteiger partial charge in [0, 0.05) is 25.6 Å². The highest BCUT2D eigenvalue weighted by atomic mass is 16.3. The molecule has 1 unspecified atom stereocenters. The normalized spacial score (nSPS) is 27.6. The van der Waals surface area contributed by atoms with E-state index in [4.69, 9.17) is 0 Å². The summed E-state index contributed by atoms with van der Waals surface area (Å²) in [6.45, 7) is 4.35. The number of likely N-dealkylation sites (N-methyl/N-ethyl adjacent to an activating group) is 1. The molecule has 5 heteroatoms. The lowest BCUT2D eigenvalue weighted by Gasteiger charge is -2.39. The van der Waals surface area contributed by atoms with Gasteiger partial charge in [-0.1, -0.05) is 32.6 Å². The SMILES string of the molecule is CCCC1(CO)CCN(CC(=O)N(C)C2(C#N)CCCCC2)C1. The van der Waals surface area contributed by atoms with E-state index >= 15 is 0 Å². The molecule has 2 fully saturated rings. The van der Waals surface area contributed by atoms with E-state index in [9.17, 15) is 15.2 Å². The average Bonchev–Trinajstić information content (AvgIpc) is 2.98. The third-order valence-electron chi connectivity index (χ3n) is 5.90. The Labute approximate surface area is 140 Å². The van der Waals surface area contributed by atoms with Crippen LogP contribution in [0, 0.1) is 16.7 Å². The minimum Gasteiger partial charge on any atom is -0.396 e. The van der Waals surface area contributed by atoms with Gasteiger partial charge >= 0.3 is 0 Å². The molecule has 2 rings (SSSR count). The van der Waals surface area contributed by atoms with Gasteiger partial charge in [0.1, 0.15) is 5.54 Å². The first kappa shape index (κ1) is 18.2. The lowest BCUT2D eigenvalue weighted by atomic mass is 9.81. The highest BCUT2D eigenvalue weighted by Gasteiger charge is 2.41. The molecule has 0 spiro atoms. The zero-order valence-corrected chi connectivity index (χ0v) is 14.7. The number of hydrogen-bond donors (Lipinski definition) is 1. The summed E-state index contributed by atoms with van der Waals surface area (Å²) in [6.07, 6.45) is 7.82. The Morgan fingerprint density at radius 3 is 2.57 bits per heavy atom. The molecule has 130 valence electrons. The van der Waals surface area contributed by atoms with E-state index < -0.39 is 5.54 Å². The molecule has 1 aliphatic carbocycles. The minimum absolute atomic E-state index is 0.0364. The second-order valence-electron chi connectivity index (χ2n) is 7.53. The third-order valence-corrected chi connectivity index (χ3v) is 5.90. The molecule has 0 aromatic carbocycles. The van der Waals surface area contributed by atoms with E-state index in [1.807, 2.05) is 0 Å². The highest BCUT2D eigenvalue weighted by Crippen LogP contribution is 2.35. The van der Waals surface area contributed by atoms with Crippen molar-refractivity contribution in [2.45, 2.75) is 63.8 Å². The first-order chi connectivity index (χ1) is 11.0. The highest BCUT2D eigenvalue weighted by molar-refractivity contribution is 5.79. The lowest BCUT2D eigenvalue weighted by molar-refractivity contribution is -0.136. The molecule has 1 atom stereocenters. The molecule has 1 amide bonds. The number of carbonyl (C=O) groups is 1. The van der Waals surface area contributed by atoms with Gasteiger partial charge in [0.25, 0.3) is 0 Å². The number of amides is 1. The first-order valence-electron chi connectivity index (χ1n) is 9.02. The van der Waals surface area contributed by atoms with Crippen molar-refractivity contribution in [2.24, 2.45) is 5.41 Å². The smallest absolute Gasteiger partial charge is 0.237 e. The Morgan fingerprint density at radius 1 is 1.30 bits per heavy atom. The van der Waals surface area contributed by atoms with Crippen LogP contribution in [0.25, 0.3) is 0 Å². The molecule has 0 aromatic rings. The van der Waals surface area contributed by atoms with Gasteiger partial charge in [-0.25, -0.2) is 0 Å². The van der Waals surface area contributed by atoms with Crippen LogP contribution in [0.3, 0.4) is 0 Å². The lowest BCUT2D eigenvalue weighted by Crippen LogP contribution is -2.52. The number of hydrogen-bond acceptors (Lipinski definition) is 4. The molecule has 0 radical (unpaired) electrons. The number of nitrogens with zero attached hydrogens (tertiary/aromatic N) is 3. The second kappa shape index (κ2) is 7.63.